The van der Waals surface area contributed by atoms with Gasteiger partial charge in [0.2, 0.25) is 0 Å². The number of allylic oxidation sites excluding steroid dienone is 1. The maximum absolute atomic E-state index is 12.4. The van der Waals surface area contributed by atoms with Gasteiger partial charge in [0.15, 0.2) is 5.78 Å². The van der Waals surface area contributed by atoms with Gasteiger partial charge in [0.25, 0.3) is 0 Å². The molecule has 0 N–H and O–H groups in total. The molecule has 0 bridgehead atoms. The molecule has 0 amide bonds. The molecule has 19 heavy (non-hydrogen) atoms. The maximum Gasteiger partial charge on any atom is 0.321 e. The summed E-state index contributed by atoms with van der Waals surface area (Å²) in [6, 6.07) is 7.04. The molecule has 1 aromatic carbocycles. The monoisotopic (exact) mass is 278 g/mol. The first-order valence-electron chi connectivity index (χ1n) is 6.14. The molecule has 1 atom stereocenters. The van der Waals surface area contributed by atoms with E-state index in [-0.39, 0.29) is 18.3 Å². The molecule has 100 valence electrons. The van der Waals surface area contributed by atoms with E-state index in [1.807, 2.05) is 0 Å². The molecule has 0 radical (unpaired) electrons. The first kappa shape index (κ1) is 13.8. The van der Waals surface area contributed by atoms with Crippen LogP contribution in [-0.4, -0.2) is 17.9 Å². The summed E-state index contributed by atoms with van der Waals surface area (Å²) >= 11 is 6.17. The normalized spacial score (nSPS) is 22.0. The number of ketones is 1. The van der Waals surface area contributed by atoms with Gasteiger partial charge in [-0.2, -0.15) is 0 Å². The minimum Gasteiger partial charge on any atom is -0.462 e. The Hall–Kier alpha value is -1.61. The van der Waals surface area contributed by atoms with E-state index in [0.717, 1.165) is 0 Å². The van der Waals surface area contributed by atoms with Crippen molar-refractivity contribution in [1.29, 1.82) is 0 Å². The number of carbonyl (C=O) groups is 2. The highest BCUT2D eigenvalue weighted by Gasteiger charge is 2.45. The van der Waals surface area contributed by atoms with E-state index in [4.69, 9.17) is 16.3 Å². The molecule has 1 aliphatic rings. The van der Waals surface area contributed by atoms with E-state index in [2.05, 4.69) is 0 Å². The van der Waals surface area contributed by atoms with Crippen molar-refractivity contribution in [2.24, 2.45) is 0 Å². The predicted octanol–water partition coefficient (Wildman–Crippen LogP) is 3.06. The van der Waals surface area contributed by atoms with Gasteiger partial charge in [-0.3, -0.25) is 9.59 Å². The van der Waals surface area contributed by atoms with Crippen LogP contribution in [0.15, 0.2) is 36.4 Å². The topological polar surface area (TPSA) is 43.4 Å². The number of hydrogen-bond donors (Lipinski definition) is 0. The Morgan fingerprint density at radius 2 is 2.05 bits per heavy atom. The van der Waals surface area contributed by atoms with Crippen LogP contribution in [0.3, 0.4) is 0 Å². The molecule has 0 spiro atoms. The van der Waals surface area contributed by atoms with Gasteiger partial charge in [-0.25, -0.2) is 0 Å². The lowest BCUT2D eigenvalue weighted by atomic mass is 9.80. The Morgan fingerprint density at radius 1 is 1.37 bits per heavy atom. The Balaban J connectivity index is 2.48. The third-order valence-electron chi connectivity index (χ3n) is 3.07. The van der Waals surface area contributed by atoms with Gasteiger partial charge in [0.05, 0.1) is 6.10 Å². The lowest BCUT2D eigenvalue weighted by Crippen LogP contribution is -2.36. The molecule has 2 rings (SSSR count). The number of rotatable bonds is 3. The van der Waals surface area contributed by atoms with Crippen LogP contribution >= 0.6 is 11.6 Å². The largest absolute Gasteiger partial charge is 0.462 e. The van der Waals surface area contributed by atoms with Crippen LogP contribution in [0.4, 0.5) is 0 Å². The summed E-state index contributed by atoms with van der Waals surface area (Å²) in [5.74, 6) is -0.529. The third-order valence-corrected chi connectivity index (χ3v) is 3.40. The van der Waals surface area contributed by atoms with Crippen LogP contribution in [0.5, 0.6) is 0 Å². The average Bonchev–Trinajstić information content (AvgIpc) is 2.72. The molecular formula is C15H15ClO3. The zero-order chi connectivity index (χ0) is 14.0. The molecule has 0 heterocycles. The minimum atomic E-state index is -1.08. The molecule has 0 aromatic heterocycles. The van der Waals surface area contributed by atoms with Gasteiger partial charge in [-0.15, -0.1) is 0 Å². The van der Waals surface area contributed by atoms with Crippen LogP contribution in [-0.2, 0) is 19.7 Å². The minimum absolute atomic E-state index is 0.0717. The fraction of sp³-hybridized carbons (Fsp3) is 0.333. The number of hydrogen-bond acceptors (Lipinski definition) is 3. The van der Waals surface area contributed by atoms with Gasteiger partial charge < -0.3 is 4.74 Å². The van der Waals surface area contributed by atoms with E-state index < -0.39 is 11.4 Å². The van der Waals surface area contributed by atoms with Gasteiger partial charge >= 0.3 is 5.97 Å². The van der Waals surface area contributed by atoms with Crippen molar-refractivity contribution in [2.75, 3.05) is 0 Å². The van der Waals surface area contributed by atoms with Gasteiger partial charge in [-0.1, -0.05) is 35.9 Å². The summed E-state index contributed by atoms with van der Waals surface area (Å²) in [7, 11) is 0. The highest BCUT2D eigenvalue weighted by atomic mass is 35.5. The summed E-state index contributed by atoms with van der Waals surface area (Å²) < 4.78 is 5.29. The number of carbonyl (C=O) groups excluding carboxylic acids is 2. The second kappa shape index (κ2) is 5.17. The van der Waals surface area contributed by atoms with Gasteiger partial charge in [0, 0.05) is 11.4 Å². The lowest BCUT2D eigenvalue weighted by molar-refractivity contribution is -0.153. The molecular weight excluding hydrogens is 264 g/mol. The highest BCUT2D eigenvalue weighted by Crippen LogP contribution is 2.39. The van der Waals surface area contributed by atoms with E-state index >= 15 is 0 Å². The summed E-state index contributed by atoms with van der Waals surface area (Å²) in [6.45, 7) is 3.55. The molecule has 0 saturated carbocycles. The van der Waals surface area contributed by atoms with Crippen molar-refractivity contribution in [3.63, 3.8) is 0 Å². The Kier molecular flexibility index (Phi) is 3.76. The quantitative estimate of drug-likeness (QED) is 0.798. The molecule has 0 unspecified atom stereocenters. The van der Waals surface area contributed by atoms with Crippen molar-refractivity contribution >= 4 is 23.4 Å². The zero-order valence-corrected chi connectivity index (χ0v) is 11.6. The summed E-state index contributed by atoms with van der Waals surface area (Å²) in [5.41, 5.74) is -0.468. The third kappa shape index (κ3) is 2.56. The summed E-state index contributed by atoms with van der Waals surface area (Å²) in [5, 5.41) is 0.461. The molecule has 1 aromatic rings. The standard InChI is InChI=1S/C15H15ClO3/c1-10(2)19-14(18)15(8-7-11(17)9-15)12-5-3-4-6-13(12)16/h3-8,10H,9H2,1-2H3/t15-/m0/s1. The first-order valence-corrected chi connectivity index (χ1v) is 6.51. The lowest BCUT2D eigenvalue weighted by Gasteiger charge is -2.27. The zero-order valence-electron chi connectivity index (χ0n) is 10.9. The number of benzene rings is 1. The van der Waals surface area contributed by atoms with Crippen molar-refractivity contribution in [1.82, 2.24) is 0 Å². The number of halogens is 1. The maximum atomic E-state index is 12.4. The predicted molar refractivity (Wildman–Crippen MR) is 73.1 cm³/mol. The number of esters is 1. The van der Waals surface area contributed by atoms with Crippen LogP contribution in [0.25, 0.3) is 0 Å². The second-order valence-electron chi connectivity index (χ2n) is 4.88. The fourth-order valence-corrected chi connectivity index (χ4v) is 2.51. The van der Waals surface area contributed by atoms with E-state index in [9.17, 15) is 9.59 Å². The molecule has 0 fully saturated rings. The van der Waals surface area contributed by atoms with E-state index in [1.165, 1.54) is 6.08 Å². The van der Waals surface area contributed by atoms with Crippen LogP contribution in [0, 0.1) is 0 Å². The average molecular weight is 279 g/mol. The molecule has 0 saturated heterocycles. The van der Waals surface area contributed by atoms with Crippen molar-refractivity contribution < 1.29 is 14.3 Å². The Labute approximate surface area is 117 Å². The van der Waals surface area contributed by atoms with Gasteiger partial charge in [-0.05, 0) is 31.6 Å². The Bertz CT molecular complexity index is 548. The van der Waals surface area contributed by atoms with Crippen molar-refractivity contribution in [3.8, 4) is 0 Å². The SMILES string of the molecule is CC(C)OC(=O)[C@@]1(c2ccccc2Cl)C=CC(=O)C1. The highest BCUT2D eigenvalue weighted by molar-refractivity contribution is 6.32. The first-order chi connectivity index (χ1) is 8.95. The molecule has 4 heteroatoms. The molecule has 3 nitrogen and oxygen atoms in total. The molecule has 0 aliphatic heterocycles. The fourth-order valence-electron chi connectivity index (χ4n) is 2.21. The van der Waals surface area contributed by atoms with Crippen LogP contribution in [0.1, 0.15) is 25.8 Å². The summed E-state index contributed by atoms with van der Waals surface area (Å²) in [6.07, 6.45) is 2.85. The van der Waals surface area contributed by atoms with Crippen molar-refractivity contribution in [2.45, 2.75) is 31.8 Å². The summed E-state index contributed by atoms with van der Waals surface area (Å²) in [4.78, 5) is 24.0. The van der Waals surface area contributed by atoms with Crippen LogP contribution in [0.2, 0.25) is 5.02 Å². The van der Waals surface area contributed by atoms with Crippen LogP contribution < -0.4 is 0 Å². The van der Waals surface area contributed by atoms with Gasteiger partial charge in [0.1, 0.15) is 5.41 Å². The number of ether oxygens (including phenoxy) is 1. The van der Waals surface area contributed by atoms with Crippen molar-refractivity contribution in [3.05, 3.63) is 47.0 Å². The Morgan fingerprint density at radius 3 is 2.58 bits per heavy atom. The second-order valence-corrected chi connectivity index (χ2v) is 5.29. The smallest absolute Gasteiger partial charge is 0.321 e. The van der Waals surface area contributed by atoms with E-state index in [1.54, 1.807) is 44.2 Å². The van der Waals surface area contributed by atoms with E-state index in [0.29, 0.717) is 10.6 Å². The molecule has 1 aliphatic carbocycles.